The zero-order chi connectivity index (χ0) is 13.0. The van der Waals surface area contributed by atoms with Gasteiger partial charge in [0, 0.05) is 11.3 Å². The molecule has 0 radical (unpaired) electrons. The minimum atomic E-state index is -0.386. The number of halogens is 1. The predicted octanol–water partition coefficient (Wildman–Crippen LogP) is 3.86. The molecule has 0 spiro atoms. The maximum absolute atomic E-state index is 11.0. The molecule has 1 aromatic carbocycles. The molecule has 0 N–H and O–H groups in total. The second-order valence-electron chi connectivity index (χ2n) is 3.64. The highest BCUT2D eigenvalue weighted by Gasteiger charge is 2.17. The zero-order valence-electron chi connectivity index (χ0n) is 9.51. The Bertz CT molecular complexity index is 577. The summed E-state index contributed by atoms with van der Waals surface area (Å²) in [5.41, 5.74) is 0.838. The maximum atomic E-state index is 11.0. The van der Waals surface area contributed by atoms with E-state index in [2.05, 4.69) is 4.98 Å². The van der Waals surface area contributed by atoms with Gasteiger partial charge >= 0.3 is 5.69 Å². The molecule has 94 valence electrons. The SMILES string of the molecule is O=[N+]([O-])c1cnc2ccccc2c1SCCCCl. The Labute approximate surface area is 114 Å². The maximum Gasteiger partial charge on any atom is 0.301 e. The lowest BCUT2D eigenvalue weighted by Crippen LogP contribution is -1.94. The van der Waals surface area contributed by atoms with E-state index in [4.69, 9.17) is 11.6 Å². The molecule has 0 fully saturated rings. The third-order valence-electron chi connectivity index (χ3n) is 2.43. The van der Waals surface area contributed by atoms with Crippen molar-refractivity contribution in [2.75, 3.05) is 11.6 Å². The topological polar surface area (TPSA) is 56.0 Å². The van der Waals surface area contributed by atoms with Gasteiger partial charge < -0.3 is 0 Å². The molecule has 0 aliphatic carbocycles. The molecule has 6 heteroatoms. The van der Waals surface area contributed by atoms with Crippen molar-refractivity contribution in [1.82, 2.24) is 4.98 Å². The molecule has 18 heavy (non-hydrogen) atoms. The van der Waals surface area contributed by atoms with Gasteiger partial charge in [0.25, 0.3) is 0 Å². The minimum absolute atomic E-state index is 0.0632. The number of aromatic nitrogens is 1. The first-order valence-corrected chi connectivity index (χ1v) is 6.97. The van der Waals surface area contributed by atoms with E-state index in [0.29, 0.717) is 10.8 Å². The Morgan fingerprint density at radius 1 is 1.39 bits per heavy atom. The van der Waals surface area contributed by atoms with Gasteiger partial charge in [-0.1, -0.05) is 18.2 Å². The van der Waals surface area contributed by atoms with Crippen LogP contribution in [0.5, 0.6) is 0 Å². The van der Waals surface area contributed by atoms with E-state index in [0.717, 1.165) is 23.1 Å². The third-order valence-corrected chi connectivity index (χ3v) is 3.91. The summed E-state index contributed by atoms with van der Waals surface area (Å²) in [4.78, 5) is 15.4. The molecule has 2 rings (SSSR count). The number of nitrogens with zero attached hydrogens (tertiary/aromatic N) is 2. The number of fused-ring (bicyclic) bond motifs is 1. The second-order valence-corrected chi connectivity index (χ2v) is 5.12. The molecule has 0 saturated carbocycles. The van der Waals surface area contributed by atoms with Crippen LogP contribution in [0.1, 0.15) is 6.42 Å². The molecule has 1 aromatic heterocycles. The number of nitro groups is 1. The van der Waals surface area contributed by atoms with Gasteiger partial charge in [-0.05, 0) is 18.2 Å². The van der Waals surface area contributed by atoms with Crippen LogP contribution in [0.25, 0.3) is 10.9 Å². The van der Waals surface area contributed by atoms with E-state index in [1.54, 1.807) is 0 Å². The summed E-state index contributed by atoms with van der Waals surface area (Å²) in [5.74, 6) is 1.32. The number of hydrogen-bond donors (Lipinski definition) is 0. The average molecular weight is 283 g/mol. The van der Waals surface area contributed by atoms with Crippen LogP contribution in [-0.2, 0) is 0 Å². The highest BCUT2D eigenvalue weighted by atomic mass is 35.5. The standard InChI is InChI=1S/C12H11ClN2O2S/c13-6-3-7-18-12-9-4-1-2-5-10(9)14-8-11(12)15(16)17/h1-2,4-5,8H,3,6-7H2. The number of rotatable bonds is 5. The van der Waals surface area contributed by atoms with Crippen LogP contribution < -0.4 is 0 Å². The average Bonchev–Trinajstić information content (AvgIpc) is 2.38. The molecule has 0 aliphatic rings. The number of pyridine rings is 1. The molecular formula is C12H11ClN2O2S. The molecule has 4 nitrogen and oxygen atoms in total. The van der Waals surface area contributed by atoms with Crippen LogP contribution in [0, 0.1) is 10.1 Å². The van der Waals surface area contributed by atoms with Gasteiger partial charge in [0.15, 0.2) is 0 Å². The number of alkyl halides is 1. The van der Waals surface area contributed by atoms with Gasteiger partial charge in [-0.3, -0.25) is 10.1 Å². The van der Waals surface area contributed by atoms with E-state index in [1.807, 2.05) is 24.3 Å². The summed E-state index contributed by atoms with van der Waals surface area (Å²) in [6.45, 7) is 0. The number of hydrogen-bond acceptors (Lipinski definition) is 4. The minimum Gasteiger partial charge on any atom is -0.258 e. The lowest BCUT2D eigenvalue weighted by molar-refractivity contribution is -0.387. The molecule has 0 bridgehead atoms. The summed E-state index contributed by atoms with van der Waals surface area (Å²) < 4.78 is 0. The summed E-state index contributed by atoms with van der Waals surface area (Å²) in [5, 5.41) is 11.8. The Balaban J connectivity index is 2.48. The fourth-order valence-corrected chi connectivity index (χ4v) is 3.00. The lowest BCUT2D eigenvalue weighted by Gasteiger charge is -2.06. The van der Waals surface area contributed by atoms with E-state index in [9.17, 15) is 10.1 Å². The van der Waals surface area contributed by atoms with Gasteiger partial charge in [0.05, 0.1) is 15.3 Å². The van der Waals surface area contributed by atoms with Gasteiger partial charge in [0.2, 0.25) is 0 Å². The van der Waals surface area contributed by atoms with Crippen molar-refractivity contribution in [2.45, 2.75) is 11.3 Å². The van der Waals surface area contributed by atoms with Crippen LogP contribution in [-0.4, -0.2) is 21.5 Å². The van der Waals surface area contributed by atoms with Gasteiger partial charge in [-0.25, -0.2) is 4.98 Å². The fourth-order valence-electron chi connectivity index (χ4n) is 1.62. The molecule has 0 saturated heterocycles. The Kier molecular flexibility index (Phi) is 4.38. The molecule has 0 atom stereocenters. The van der Waals surface area contributed by atoms with Crippen LogP contribution in [0.15, 0.2) is 35.4 Å². The third kappa shape index (κ3) is 2.73. The predicted molar refractivity (Wildman–Crippen MR) is 74.5 cm³/mol. The zero-order valence-corrected chi connectivity index (χ0v) is 11.1. The van der Waals surface area contributed by atoms with Gasteiger partial charge in [-0.15, -0.1) is 23.4 Å². The summed E-state index contributed by atoms with van der Waals surface area (Å²) in [6, 6.07) is 7.44. The number of benzene rings is 1. The van der Waals surface area contributed by atoms with Crippen LogP contribution in [0.3, 0.4) is 0 Å². The van der Waals surface area contributed by atoms with E-state index in [-0.39, 0.29) is 10.6 Å². The first-order valence-electron chi connectivity index (χ1n) is 5.45. The van der Waals surface area contributed by atoms with Crippen molar-refractivity contribution in [1.29, 1.82) is 0 Å². The molecule has 0 aliphatic heterocycles. The monoisotopic (exact) mass is 282 g/mol. The van der Waals surface area contributed by atoms with Crippen LogP contribution >= 0.6 is 23.4 Å². The van der Waals surface area contributed by atoms with Crippen molar-refractivity contribution < 1.29 is 4.92 Å². The smallest absolute Gasteiger partial charge is 0.258 e. The number of thioether (sulfide) groups is 1. The molecule has 2 aromatic rings. The normalized spacial score (nSPS) is 10.7. The van der Waals surface area contributed by atoms with Gasteiger partial charge in [0.1, 0.15) is 6.20 Å². The van der Waals surface area contributed by atoms with Crippen molar-refractivity contribution in [2.24, 2.45) is 0 Å². The van der Waals surface area contributed by atoms with Gasteiger partial charge in [-0.2, -0.15) is 0 Å². The van der Waals surface area contributed by atoms with E-state index >= 15 is 0 Å². The molecule has 0 unspecified atom stereocenters. The molecule has 0 amide bonds. The van der Waals surface area contributed by atoms with E-state index in [1.165, 1.54) is 18.0 Å². The Hall–Kier alpha value is -1.33. The quantitative estimate of drug-likeness (QED) is 0.275. The van der Waals surface area contributed by atoms with Crippen molar-refractivity contribution >= 4 is 40.0 Å². The van der Waals surface area contributed by atoms with Crippen LogP contribution in [0.2, 0.25) is 0 Å². The van der Waals surface area contributed by atoms with Crippen molar-refractivity contribution in [3.63, 3.8) is 0 Å². The highest BCUT2D eigenvalue weighted by Crippen LogP contribution is 2.35. The Morgan fingerprint density at radius 3 is 2.89 bits per heavy atom. The largest absolute Gasteiger partial charge is 0.301 e. The summed E-state index contributed by atoms with van der Waals surface area (Å²) in [6.07, 6.45) is 2.14. The van der Waals surface area contributed by atoms with Crippen molar-refractivity contribution in [3.05, 3.63) is 40.6 Å². The lowest BCUT2D eigenvalue weighted by atomic mass is 10.2. The Morgan fingerprint density at radius 2 is 2.17 bits per heavy atom. The fraction of sp³-hybridized carbons (Fsp3) is 0.250. The van der Waals surface area contributed by atoms with E-state index < -0.39 is 0 Å². The summed E-state index contributed by atoms with van der Waals surface area (Å²) in [7, 11) is 0. The molecule has 1 heterocycles. The van der Waals surface area contributed by atoms with Crippen molar-refractivity contribution in [3.8, 4) is 0 Å². The molecular weight excluding hydrogens is 272 g/mol. The number of para-hydroxylation sites is 1. The highest BCUT2D eigenvalue weighted by molar-refractivity contribution is 7.99. The summed E-state index contributed by atoms with van der Waals surface area (Å²) >= 11 is 7.09. The first kappa shape index (κ1) is 13.1. The second kappa shape index (κ2) is 6.02. The van der Waals surface area contributed by atoms with Crippen LogP contribution in [0.4, 0.5) is 5.69 Å². The first-order chi connectivity index (χ1) is 8.74.